The first-order chi connectivity index (χ1) is 10.1. The van der Waals surface area contributed by atoms with Gasteiger partial charge in [0, 0.05) is 12.1 Å². The van der Waals surface area contributed by atoms with Gasteiger partial charge in [-0.05, 0) is 37.2 Å². The molecule has 2 rings (SSSR count). The fraction of sp³-hybridized carbons (Fsp3) is 0.222. The molecule has 2 aromatic rings. The predicted molar refractivity (Wildman–Crippen MR) is 83.0 cm³/mol. The summed E-state index contributed by atoms with van der Waals surface area (Å²) >= 11 is 0. The third kappa shape index (κ3) is 4.01. The zero-order chi connectivity index (χ0) is 15.2. The molecule has 0 heterocycles. The number of aryl methyl sites for hydroxylation is 1. The number of carbonyl (C=O) groups excluding carboxylic acids is 1. The number of carbonyl (C=O) groups is 1. The van der Waals surface area contributed by atoms with Crippen LogP contribution in [0.2, 0.25) is 0 Å². The quantitative estimate of drug-likeness (QED) is 0.789. The van der Waals surface area contributed by atoms with E-state index in [9.17, 15) is 4.79 Å². The van der Waals surface area contributed by atoms with E-state index in [1.165, 1.54) is 11.1 Å². The van der Waals surface area contributed by atoms with E-state index in [4.69, 9.17) is 5.26 Å². The van der Waals surface area contributed by atoms with Crippen LogP contribution in [0.4, 0.5) is 0 Å². The molecule has 0 saturated heterocycles. The minimum Gasteiger partial charge on any atom is -0.295 e. The van der Waals surface area contributed by atoms with Gasteiger partial charge in [-0.2, -0.15) is 5.26 Å². The second-order valence-corrected chi connectivity index (χ2v) is 5.21. The highest BCUT2D eigenvalue weighted by Gasteiger charge is 2.10. The van der Waals surface area contributed by atoms with E-state index in [2.05, 4.69) is 25.1 Å². The van der Waals surface area contributed by atoms with Crippen LogP contribution < -0.4 is 0 Å². The molecule has 0 aliphatic rings. The molecule has 0 spiro atoms. The standard InChI is InChI=1S/C18H18N2O/c1-14-5-3-4-6-17(14)12-20(2)13-18(21)16-9-7-15(11-19)8-10-16/h3-10H,12-13H2,1-2H3. The molecule has 0 bridgehead atoms. The van der Waals surface area contributed by atoms with E-state index in [-0.39, 0.29) is 5.78 Å². The minimum absolute atomic E-state index is 0.0653. The molecule has 0 unspecified atom stereocenters. The molecule has 0 atom stereocenters. The maximum atomic E-state index is 12.2. The Hall–Kier alpha value is -2.44. The molecule has 3 nitrogen and oxygen atoms in total. The Morgan fingerprint density at radius 3 is 2.43 bits per heavy atom. The number of rotatable bonds is 5. The van der Waals surface area contributed by atoms with E-state index >= 15 is 0 Å². The Morgan fingerprint density at radius 1 is 1.14 bits per heavy atom. The second kappa shape index (κ2) is 6.83. The van der Waals surface area contributed by atoms with Crippen LogP contribution in [-0.4, -0.2) is 24.3 Å². The van der Waals surface area contributed by atoms with Crippen LogP contribution in [-0.2, 0) is 6.54 Å². The highest BCUT2D eigenvalue weighted by atomic mass is 16.1. The van der Waals surface area contributed by atoms with Crippen LogP contribution in [0.1, 0.15) is 27.0 Å². The van der Waals surface area contributed by atoms with Gasteiger partial charge in [0.05, 0.1) is 18.2 Å². The number of ketones is 1. The molecule has 21 heavy (non-hydrogen) atoms. The van der Waals surface area contributed by atoms with Crippen LogP contribution >= 0.6 is 0 Å². The smallest absolute Gasteiger partial charge is 0.176 e. The normalized spacial score (nSPS) is 10.4. The highest BCUT2D eigenvalue weighted by Crippen LogP contribution is 2.10. The monoisotopic (exact) mass is 278 g/mol. The maximum Gasteiger partial charge on any atom is 0.176 e. The Morgan fingerprint density at radius 2 is 1.81 bits per heavy atom. The van der Waals surface area contributed by atoms with Gasteiger partial charge in [-0.1, -0.05) is 36.4 Å². The molecule has 0 aliphatic heterocycles. The summed E-state index contributed by atoms with van der Waals surface area (Å²) in [4.78, 5) is 14.2. The lowest BCUT2D eigenvalue weighted by molar-refractivity contribution is 0.0943. The van der Waals surface area contributed by atoms with Gasteiger partial charge in [0.2, 0.25) is 0 Å². The molecule has 0 fully saturated rings. The predicted octanol–water partition coefficient (Wildman–Crippen LogP) is 3.18. The topological polar surface area (TPSA) is 44.1 Å². The van der Waals surface area contributed by atoms with Crippen molar-refractivity contribution in [2.45, 2.75) is 13.5 Å². The SMILES string of the molecule is Cc1ccccc1CN(C)CC(=O)c1ccc(C#N)cc1. The number of hydrogen-bond donors (Lipinski definition) is 0. The van der Waals surface area contributed by atoms with E-state index in [1.807, 2.05) is 24.1 Å². The Kier molecular flexibility index (Phi) is 4.86. The van der Waals surface area contributed by atoms with E-state index in [0.29, 0.717) is 17.7 Å². The van der Waals surface area contributed by atoms with Gasteiger partial charge in [0.1, 0.15) is 0 Å². The summed E-state index contributed by atoms with van der Waals surface area (Å²) < 4.78 is 0. The molecule has 106 valence electrons. The fourth-order valence-electron chi connectivity index (χ4n) is 2.20. The number of likely N-dealkylation sites (N-methyl/N-ethyl adjacent to an activating group) is 1. The largest absolute Gasteiger partial charge is 0.295 e. The summed E-state index contributed by atoms with van der Waals surface area (Å²) in [6.45, 7) is 3.18. The van der Waals surface area contributed by atoms with Gasteiger partial charge in [0.15, 0.2) is 5.78 Å². The molecule has 0 N–H and O–H groups in total. The molecule has 3 heteroatoms. The number of nitriles is 1. The Balaban J connectivity index is 1.99. The molecular weight excluding hydrogens is 260 g/mol. The van der Waals surface area contributed by atoms with E-state index in [0.717, 1.165) is 6.54 Å². The fourth-order valence-corrected chi connectivity index (χ4v) is 2.20. The Bertz CT molecular complexity index is 668. The third-order valence-electron chi connectivity index (χ3n) is 3.45. The van der Waals surface area contributed by atoms with Crippen molar-refractivity contribution < 1.29 is 4.79 Å². The lowest BCUT2D eigenvalue weighted by Gasteiger charge is -2.17. The van der Waals surface area contributed by atoms with Crippen LogP contribution in [0.25, 0.3) is 0 Å². The zero-order valence-corrected chi connectivity index (χ0v) is 12.3. The molecule has 0 radical (unpaired) electrons. The van der Waals surface area contributed by atoms with Crippen LogP contribution in [0, 0.1) is 18.3 Å². The number of Topliss-reactive ketones (excluding diaryl/α,β-unsaturated/α-hetero) is 1. The minimum atomic E-state index is 0.0653. The molecule has 2 aromatic carbocycles. The van der Waals surface area contributed by atoms with Gasteiger partial charge in [0.25, 0.3) is 0 Å². The number of nitrogens with zero attached hydrogens (tertiary/aromatic N) is 2. The average Bonchev–Trinajstić information content (AvgIpc) is 2.49. The van der Waals surface area contributed by atoms with Crippen molar-refractivity contribution in [3.63, 3.8) is 0 Å². The average molecular weight is 278 g/mol. The van der Waals surface area contributed by atoms with Crippen molar-refractivity contribution in [3.05, 3.63) is 70.8 Å². The Labute approximate surface area is 125 Å². The van der Waals surface area contributed by atoms with Crippen molar-refractivity contribution in [3.8, 4) is 6.07 Å². The first-order valence-corrected chi connectivity index (χ1v) is 6.86. The van der Waals surface area contributed by atoms with Crippen LogP contribution in [0.3, 0.4) is 0 Å². The van der Waals surface area contributed by atoms with Crippen molar-refractivity contribution in [1.29, 1.82) is 5.26 Å². The number of benzene rings is 2. The summed E-state index contributed by atoms with van der Waals surface area (Å²) in [7, 11) is 1.94. The summed E-state index contributed by atoms with van der Waals surface area (Å²) in [6, 6.07) is 17.0. The summed E-state index contributed by atoms with van der Waals surface area (Å²) in [5.41, 5.74) is 3.67. The zero-order valence-electron chi connectivity index (χ0n) is 12.3. The second-order valence-electron chi connectivity index (χ2n) is 5.21. The van der Waals surface area contributed by atoms with Crippen molar-refractivity contribution >= 4 is 5.78 Å². The van der Waals surface area contributed by atoms with Crippen LogP contribution in [0.15, 0.2) is 48.5 Å². The summed E-state index contributed by atoms with van der Waals surface area (Å²) in [5.74, 6) is 0.0653. The van der Waals surface area contributed by atoms with Crippen molar-refractivity contribution in [2.24, 2.45) is 0 Å². The molecule has 0 saturated carbocycles. The molecule has 0 aliphatic carbocycles. The van der Waals surface area contributed by atoms with Gasteiger partial charge >= 0.3 is 0 Å². The number of hydrogen-bond acceptors (Lipinski definition) is 3. The van der Waals surface area contributed by atoms with Crippen LogP contribution in [0.5, 0.6) is 0 Å². The van der Waals surface area contributed by atoms with Crippen molar-refractivity contribution in [2.75, 3.05) is 13.6 Å². The van der Waals surface area contributed by atoms with E-state index < -0.39 is 0 Å². The first kappa shape index (κ1) is 15.0. The van der Waals surface area contributed by atoms with Gasteiger partial charge in [-0.25, -0.2) is 0 Å². The summed E-state index contributed by atoms with van der Waals surface area (Å²) in [5, 5.41) is 8.76. The molecular formula is C18H18N2O. The van der Waals surface area contributed by atoms with Gasteiger partial charge in [-0.15, -0.1) is 0 Å². The van der Waals surface area contributed by atoms with Gasteiger partial charge in [-0.3, -0.25) is 9.69 Å². The lowest BCUT2D eigenvalue weighted by atomic mass is 10.1. The first-order valence-electron chi connectivity index (χ1n) is 6.86. The third-order valence-corrected chi connectivity index (χ3v) is 3.45. The lowest BCUT2D eigenvalue weighted by Crippen LogP contribution is -2.25. The van der Waals surface area contributed by atoms with E-state index in [1.54, 1.807) is 24.3 Å². The summed E-state index contributed by atoms with van der Waals surface area (Å²) in [6.07, 6.45) is 0. The maximum absolute atomic E-state index is 12.2. The van der Waals surface area contributed by atoms with Crippen molar-refractivity contribution in [1.82, 2.24) is 4.90 Å². The molecule has 0 amide bonds. The molecule has 0 aromatic heterocycles. The highest BCUT2D eigenvalue weighted by molar-refractivity contribution is 5.97. The van der Waals surface area contributed by atoms with Gasteiger partial charge < -0.3 is 0 Å².